The molecular weight excluding hydrogens is 204 g/mol. The molecule has 88 valence electrons. The van der Waals surface area contributed by atoms with Gasteiger partial charge in [-0.05, 0) is 12.0 Å². The predicted octanol–water partition coefficient (Wildman–Crippen LogP) is 1.30. The monoisotopic (exact) mass is 222 g/mol. The summed E-state index contributed by atoms with van der Waals surface area (Å²) in [6, 6.07) is 10.7. The molecule has 4 nitrogen and oxygen atoms in total. The van der Waals surface area contributed by atoms with Gasteiger partial charge >= 0.3 is 0 Å². The van der Waals surface area contributed by atoms with E-state index in [9.17, 15) is 0 Å². The van der Waals surface area contributed by atoms with E-state index in [1.54, 1.807) is 12.2 Å². The Morgan fingerprint density at radius 1 is 1.38 bits per heavy atom. The smallest absolute Gasteiger partial charge is 0.0642 e. The summed E-state index contributed by atoms with van der Waals surface area (Å²) < 4.78 is 5.16. The third-order valence-corrected chi connectivity index (χ3v) is 3.13. The lowest BCUT2D eigenvalue weighted by Crippen LogP contribution is -2.35. The first kappa shape index (κ1) is 11.5. The van der Waals surface area contributed by atoms with Crippen molar-refractivity contribution in [2.75, 3.05) is 20.3 Å². The molecule has 1 aromatic carbocycles. The molecular formula is C12H18N2O2. The number of ether oxygens (including phenoxy) is 1. The van der Waals surface area contributed by atoms with Crippen LogP contribution in [0.3, 0.4) is 0 Å². The van der Waals surface area contributed by atoms with Crippen molar-refractivity contribution in [1.29, 1.82) is 0 Å². The van der Waals surface area contributed by atoms with E-state index in [4.69, 9.17) is 15.6 Å². The normalized spacial score (nSPS) is 26.1. The second kappa shape index (κ2) is 5.41. The zero-order chi connectivity index (χ0) is 11.4. The van der Waals surface area contributed by atoms with E-state index in [1.807, 2.05) is 6.07 Å². The molecule has 0 spiro atoms. The van der Waals surface area contributed by atoms with Crippen LogP contribution in [-0.4, -0.2) is 31.4 Å². The minimum atomic E-state index is 0.250. The molecule has 0 bridgehead atoms. The van der Waals surface area contributed by atoms with Crippen molar-refractivity contribution in [2.24, 2.45) is 5.90 Å². The topological polar surface area (TPSA) is 47.7 Å². The summed E-state index contributed by atoms with van der Waals surface area (Å²) in [5.74, 6) is 5.74. The minimum absolute atomic E-state index is 0.250. The van der Waals surface area contributed by atoms with E-state index < -0.39 is 0 Å². The summed E-state index contributed by atoms with van der Waals surface area (Å²) in [6.07, 6.45) is 1.02. The Kier molecular flexibility index (Phi) is 3.90. The molecule has 2 rings (SSSR count). The average Bonchev–Trinajstić information content (AvgIpc) is 2.74. The highest BCUT2D eigenvalue weighted by atomic mass is 16.8. The molecule has 0 radical (unpaired) electrons. The van der Waals surface area contributed by atoms with E-state index in [1.165, 1.54) is 5.56 Å². The van der Waals surface area contributed by atoms with Crippen LogP contribution in [0.25, 0.3) is 0 Å². The van der Waals surface area contributed by atoms with Crippen molar-refractivity contribution in [3.8, 4) is 0 Å². The molecule has 2 N–H and O–H groups in total. The summed E-state index contributed by atoms with van der Waals surface area (Å²) in [7, 11) is 1.70. The Balaban J connectivity index is 2.05. The van der Waals surface area contributed by atoms with Crippen LogP contribution in [0.1, 0.15) is 17.9 Å². The average molecular weight is 222 g/mol. The summed E-state index contributed by atoms with van der Waals surface area (Å²) in [4.78, 5) is 4.88. The molecule has 2 atom stereocenters. The van der Waals surface area contributed by atoms with Crippen LogP contribution in [0.15, 0.2) is 30.3 Å². The number of rotatable bonds is 4. The Labute approximate surface area is 95.9 Å². The third-order valence-electron chi connectivity index (χ3n) is 3.13. The van der Waals surface area contributed by atoms with Crippen molar-refractivity contribution in [3.05, 3.63) is 35.9 Å². The molecule has 4 heteroatoms. The Bertz CT molecular complexity index is 318. The van der Waals surface area contributed by atoms with Gasteiger partial charge in [0.2, 0.25) is 0 Å². The molecule has 1 aliphatic rings. The van der Waals surface area contributed by atoms with Crippen molar-refractivity contribution in [3.63, 3.8) is 0 Å². The van der Waals surface area contributed by atoms with Crippen LogP contribution >= 0.6 is 0 Å². The van der Waals surface area contributed by atoms with Crippen LogP contribution < -0.4 is 5.90 Å². The molecule has 0 amide bonds. The molecule has 2 unspecified atom stereocenters. The highest BCUT2D eigenvalue weighted by Gasteiger charge is 2.33. The van der Waals surface area contributed by atoms with Gasteiger partial charge in [0.1, 0.15) is 0 Å². The molecule has 1 aliphatic heterocycles. The molecule has 0 aromatic heterocycles. The highest BCUT2D eigenvalue weighted by Crippen LogP contribution is 2.31. The Morgan fingerprint density at radius 2 is 2.12 bits per heavy atom. The number of benzene rings is 1. The fraction of sp³-hybridized carbons (Fsp3) is 0.500. The van der Waals surface area contributed by atoms with Gasteiger partial charge in [-0.3, -0.25) is 0 Å². The molecule has 16 heavy (non-hydrogen) atoms. The maximum atomic E-state index is 5.27. The Hall–Kier alpha value is -0.940. The Morgan fingerprint density at radius 3 is 2.75 bits per heavy atom. The second-order valence-electron chi connectivity index (χ2n) is 4.16. The van der Waals surface area contributed by atoms with Gasteiger partial charge in [0.05, 0.1) is 12.6 Å². The number of hydrogen-bond acceptors (Lipinski definition) is 4. The van der Waals surface area contributed by atoms with Gasteiger partial charge in [-0.25, -0.2) is 4.94 Å². The van der Waals surface area contributed by atoms with E-state index in [-0.39, 0.29) is 6.04 Å². The van der Waals surface area contributed by atoms with Gasteiger partial charge in [-0.1, -0.05) is 30.3 Å². The second-order valence-corrected chi connectivity index (χ2v) is 4.16. The zero-order valence-electron chi connectivity index (χ0n) is 9.50. The number of hydrogen-bond donors (Lipinski definition) is 1. The predicted molar refractivity (Wildman–Crippen MR) is 61.4 cm³/mol. The van der Waals surface area contributed by atoms with Gasteiger partial charge < -0.3 is 4.74 Å². The third kappa shape index (κ3) is 2.41. The lowest BCUT2D eigenvalue weighted by Gasteiger charge is -2.19. The quantitative estimate of drug-likeness (QED) is 0.780. The van der Waals surface area contributed by atoms with Gasteiger partial charge in [0.15, 0.2) is 0 Å². The number of methoxy groups -OCH3 is 1. The molecule has 0 saturated carbocycles. The zero-order valence-corrected chi connectivity index (χ0v) is 9.50. The maximum Gasteiger partial charge on any atom is 0.0642 e. The molecule has 1 aromatic rings. The summed E-state index contributed by atoms with van der Waals surface area (Å²) in [5.41, 5.74) is 1.34. The van der Waals surface area contributed by atoms with Crippen molar-refractivity contribution < 1.29 is 9.68 Å². The van der Waals surface area contributed by atoms with Gasteiger partial charge in [0, 0.05) is 19.6 Å². The summed E-state index contributed by atoms with van der Waals surface area (Å²) >= 11 is 0. The molecule has 1 fully saturated rings. The SMILES string of the molecule is COCC1CC(c2ccccc2)CN1ON. The van der Waals surface area contributed by atoms with E-state index >= 15 is 0 Å². The number of nitrogens with zero attached hydrogens (tertiary/aromatic N) is 1. The lowest BCUT2D eigenvalue weighted by atomic mass is 9.97. The minimum Gasteiger partial charge on any atom is -0.383 e. The van der Waals surface area contributed by atoms with Crippen molar-refractivity contribution in [1.82, 2.24) is 5.06 Å². The largest absolute Gasteiger partial charge is 0.383 e. The highest BCUT2D eigenvalue weighted by molar-refractivity contribution is 5.21. The fourth-order valence-corrected chi connectivity index (χ4v) is 2.33. The van der Waals surface area contributed by atoms with Crippen molar-refractivity contribution in [2.45, 2.75) is 18.4 Å². The standard InChI is InChI=1S/C12H18N2O2/c1-15-9-12-7-11(8-14(12)16-13)10-5-3-2-4-6-10/h2-6,11-12H,7-9,13H2,1H3. The van der Waals surface area contributed by atoms with Gasteiger partial charge in [0.25, 0.3) is 0 Å². The number of nitrogens with two attached hydrogens (primary N) is 1. The van der Waals surface area contributed by atoms with Crippen LogP contribution in [0, 0.1) is 0 Å². The number of hydroxylamine groups is 2. The van der Waals surface area contributed by atoms with Crippen LogP contribution in [0.5, 0.6) is 0 Å². The summed E-state index contributed by atoms with van der Waals surface area (Å²) in [5, 5.41) is 1.81. The first-order valence-electron chi connectivity index (χ1n) is 5.52. The van der Waals surface area contributed by atoms with Gasteiger partial charge in [-0.2, -0.15) is 11.0 Å². The van der Waals surface area contributed by atoms with Crippen LogP contribution in [0.2, 0.25) is 0 Å². The van der Waals surface area contributed by atoms with E-state index in [0.717, 1.165) is 13.0 Å². The first-order chi connectivity index (χ1) is 7.85. The maximum absolute atomic E-state index is 5.27. The fourth-order valence-electron chi connectivity index (χ4n) is 2.33. The first-order valence-corrected chi connectivity index (χ1v) is 5.52. The summed E-state index contributed by atoms with van der Waals surface area (Å²) in [6.45, 7) is 1.48. The van der Waals surface area contributed by atoms with E-state index in [0.29, 0.717) is 12.5 Å². The molecule has 0 aliphatic carbocycles. The van der Waals surface area contributed by atoms with Crippen molar-refractivity contribution >= 4 is 0 Å². The van der Waals surface area contributed by atoms with E-state index in [2.05, 4.69) is 24.3 Å². The van der Waals surface area contributed by atoms with Gasteiger partial charge in [-0.15, -0.1) is 0 Å². The lowest BCUT2D eigenvalue weighted by molar-refractivity contribution is -0.181. The molecule has 1 saturated heterocycles. The van der Waals surface area contributed by atoms with Crippen LogP contribution in [-0.2, 0) is 9.68 Å². The molecule has 1 heterocycles. The van der Waals surface area contributed by atoms with Crippen LogP contribution in [0.4, 0.5) is 0 Å².